The second-order valence-electron chi connectivity index (χ2n) is 5.90. The molecule has 1 nitrogen and oxygen atoms in total. The summed E-state index contributed by atoms with van der Waals surface area (Å²) in [6, 6.07) is 4.65. The van der Waals surface area contributed by atoms with Crippen LogP contribution in [0.5, 0.6) is 0 Å². The Bertz CT molecular complexity index is 478. The molecule has 1 aromatic rings. The van der Waals surface area contributed by atoms with Gasteiger partial charge in [0.1, 0.15) is 5.82 Å². The molecule has 0 bridgehead atoms. The van der Waals surface area contributed by atoms with Crippen LogP contribution in [-0.4, -0.2) is 13.1 Å². The minimum absolute atomic E-state index is 0.277. The van der Waals surface area contributed by atoms with Gasteiger partial charge in [-0.05, 0) is 49.4 Å². The second-order valence-corrected chi connectivity index (χ2v) is 6.30. The molecule has 0 atom stereocenters. The molecule has 1 aromatic carbocycles. The summed E-state index contributed by atoms with van der Waals surface area (Å²) < 4.78 is 13.2. The van der Waals surface area contributed by atoms with Gasteiger partial charge in [0.15, 0.2) is 0 Å². The van der Waals surface area contributed by atoms with Crippen LogP contribution in [0.4, 0.5) is 4.39 Å². The molecule has 0 heterocycles. The van der Waals surface area contributed by atoms with Crippen molar-refractivity contribution >= 4 is 17.7 Å². The molecule has 0 aliphatic heterocycles. The average molecular weight is 310 g/mol. The summed E-state index contributed by atoms with van der Waals surface area (Å²) in [5, 5.41) is 4.00. The molecule has 1 aliphatic rings. The van der Waals surface area contributed by atoms with Crippen LogP contribution in [-0.2, 0) is 0 Å². The van der Waals surface area contributed by atoms with Gasteiger partial charge in [-0.3, -0.25) is 0 Å². The fraction of sp³-hybridized carbons (Fsp3) is 0.556. The standard InChI is InChI=1S/C18H25ClFN/c1-2-10-21-13-16(14-6-4-3-5-7-14)11-15-8-9-17(20)12-18(15)19/h8-9,11-12,14,21H,2-7,10,13H2,1H3/b16-11-. The van der Waals surface area contributed by atoms with Gasteiger partial charge in [0.2, 0.25) is 0 Å². The first kappa shape index (κ1) is 16.5. The highest BCUT2D eigenvalue weighted by Gasteiger charge is 2.18. The van der Waals surface area contributed by atoms with Crippen molar-refractivity contribution in [2.75, 3.05) is 13.1 Å². The lowest BCUT2D eigenvalue weighted by atomic mass is 9.83. The van der Waals surface area contributed by atoms with Gasteiger partial charge in [-0.2, -0.15) is 0 Å². The smallest absolute Gasteiger partial charge is 0.124 e. The summed E-state index contributed by atoms with van der Waals surface area (Å²) in [5.74, 6) is 0.365. The average Bonchev–Trinajstić information content (AvgIpc) is 2.49. The van der Waals surface area contributed by atoms with Crippen LogP contribution in [0.1, 0.15) is 51.0 Å². The van der Waals surface area contributed by atoms with Crippen LogP contribution in [0.3, 0.4) is 0 Å². The minimum Gasteiger partial charge on any atom is -0.313 e. The summed E-state index contributed by atoms with van der Waals surface area (Å²) in [6.07, 6.45) is 9.80. The molecule has 2 rings (SSSR count). The molecule has 3 heteroatoms. The van der Waals surface area contributed by atoms with E-state index in [2.05, 4.69) is 18.3 Å². The molecule has 1 aliphatic carbocycles. The largest absolute Gasteiger partial charge is 0.313 e. The van der Waals surface area contributed by atoms with E-state index in [0.29, 0.717) is 10.9 Å². The van der Waals surface area contributed by atoms with Gasteiger partial charge in [0.05, 0.1) is 5.02 Å². The van der Waals surface area contributed by atoms with E-state index in [0.717, 1.165) is 25.1 Å². The van der Waals surface area contributed by atoms with Crippen LogP contribution in [0.25, 0.3) is 6.08 Å². The monoisotopic (exact) mass is 309 g/mol. The van der Waals surface area contributed by atoms with Crippen molar-refractivity contribution < 1.29 is 4.39 Å². The highest BCUT2D eigenvalue weighted by molar-refractivity contribution is 6.32. The van der Waals surface area contributed by atoms with E-state index in [1.54, 1.807) is 6.07 Å². The summed E-state index contributed by atoms with van der Waals surface area (Å²) in [5.41, 5.74) is 2.34. The SMILES string of the molecule is CCCNC/C(=C/c1ccc(F)cc1Cl)C1CCCCC1. The number of rotatable bonds is 6. The zero-order chi connectivity index (χ0) is 15.1. The molecular formula is C18H25ClFN. The number of hydrogen-bond donors (Lipinski definition) is 1. The van der Waals surface area contributed by atoms with Crippen molar-refractivity contribution in [3.8, 4) is 0 Å². The fourth-order valence-electron chi connectivity index (χ4n) is 3.01. The van der Waals surface area contributed by atoms with Gasteiger partial charge in [-0.1, -0.05) is 55.5 Å². The van der Waals surface area contributed by atoms with Crippen LogP contribution in [0.2, 0.25) is 5.02 Å². The zero-order valence-electron chi connectivity index (χ0n) is 12.8. The highest BCUT2D eigenvalue weighted by Crippen LogP contribution is 2.31. The number of halogens is 2. The summed E-state index contributed by atoms with van der Waals surface area (Å²) in [4.78, 5) is 0. The molecule has 0 spiro atoms. The van der Waals surface area contributed by atoms with E-state index in [-0.39, 0.29) is 5.82 Å². The molecule has 116 valence electrons. The third-order valence-corrected chi connectivity index (χ3v) is 4.52. The normalized spacial score (nSPS) is 17.2. The van der Waals surface area contributed by atoms with Crippen LogP contribution in [0, 0.1) is 11.7 Å². The number of benzene rings is 1. The van der Waals surface area contributed by atoms with Gasteiger partial charge >= 0.3 is 0 Å². The van der Waals surface area contributed by atoms with Crippen molar-refractivity contribution in [3.63, 3.8) is 0 Å². The summed E-state index contributed by atoms with van der Waals surface area (Å²) in [6.45, 7) is 4.11. The van der Waals surface area contributed by atoms with Crippen molar-refractivity contribution in [3.05, 3.63) is 40.2 Å². The molecule has 0 unspecified atom stereocenters. The summed E-state index contributed by atoms with van der Waals surface area (Å²) >= 11 is 6.17. The molecule has 21 heavy (non-hydrogen) atoms. The minimum atomic E-state index is -0.277. The Morgan fingerprint density at radius 2 is 2.10 bits per heavy atom. The van der Waals surface area contributed by atoms with Crippen LogP contribution >= 0.6 is 11.6 Å². The van der Waals surface area contributed by atoms with E-state index in [1.165, 1.54) is 49.8 Å². The third-order valence-electron chi connectivity index (χ3n) is 4.19. The van der Waals surface area contributed by atoms with Crippen molar-refractivity contribution in [1.29, 1.82) is 0 Å². The molecule has 1 saturated carbocycles. The van der Waals surface area contributed by atoms with Crippen molar-refractivity contribution in [2.24, 2.45) is 5.92 Å². The van der Waals surface area contributed by atoms with Gasteiger partial charge in [0.25, 0.3) is 0 Å². The Morgan fingerprint density at radius 3 is 2.76 bits per heavy atom. The molecule has 1 fully saturated rings. The Balaban J connectivity index is 2.17. The van der Waals surface area contributed by atoms with E-state index in [1.807, 2.05) is 0 Å². The quantitative estimate of drug-likeness (QED) is 0.690. The predicted molar refractivity (Wildman–Crippen MR) is 89.1 cm³/mol. The maximum atomic E-state index is 13.2. The van der Waals surface area contributed by atoms with Crippen LogP contribution < -0.4 is 5.32 Å². The molecule has 0 amide bonds. The van der Waals surface area contributed by atoms with Crippen molar-refractivity contribution in [2.45, 2.75) is 45.4 Å². The lowest BCUT2D eigenvalue weighted by Crippen LogP contribution is -2.23. The molecular weight excluding hydrogens is 285 g/mol. The zero-order valence-corrected chi connectivity index (χ0v) is 13.6. The molecule has 0 saturated heterocycles. The molecule has 0 radical (unpaired) electrons. The molecule has 1 N–H and O–H groups in total. The first-order chi connectivity index (χ1) is 10.2. The van der Waals surface area contributed by atoms with Gasteiger partial charge < -0.3 is 5.32 Å². The van der Waals surface area contributed by atoms with Gasteiger partial charge in [-0.25, -0.2) is 4.39 Å². The molecule has 0 aromatic heterocycles. The van der Waals surface area contributed by atoms with Gasteiger partial charge in [-0.15, -0.1) is 0 Å². The van der Waals surface area contributed by atoms with E-state index in [9.17, 15) is 4.39 Å². The second kappa shape index (κ2) is 8.55. The first-order valence-corrected chi connectivity index (χ1v) is 8.44. The van der Waals surface area contributed by atoms with Gasteiger partial charge in [0, 0.05) is 6.54 Å². The Kier molecular flexibility index (Phi) is 6.72. The maximum Gasteiger partial charge on any atom is 0.124 e. The maximum absolute atomic E-state index is 13.2. The number of hydrogen-bond acceptors (Lipinski definition) is 1. The van der Waals surface area contributed by atoms with E-state index < -0.39 is 0 Å². The Hall–Kier alpha value is -0.860. The van der Waals surface area contributed by atoms with Crippen molar-refractivity contribution in [1.82, 2.24) is 5.32 Å². The third kappa shape index (κ3) is 5.12. The summed E-state index contributed by atoms with van der Waals surface area (Å²) in [7, 11) is 0. The fourth-order valence-corrected chi connectivity index (χ4v) is 3.24. The van der Waals surface area contributed by atoms with E-state index in [4.69, 9.17) is 11.6 Å². The Labute approximate surface area is 132 Å². The topological polar surface area (TPSA) is 12.0 Å². The lowest BCUT2D eigenvalue weighted by molar-refractivity contribution is 0.396. The first-order valence-electron chi connectivity index (χ1n) is 8.07. The Morgan fingerprint density at radius 1 is 1.33 bits per heavy atom. The number of nitrogens with one attached hydrogen (secondary N) is 1. The van der Waals surface area contributed by atoms with E-state index >= 15 is 0 Å². The van der Waals surface area contributed by atoms with Crippen LogP contribution in [0.15, 0.2) is 23.8 Å². The highest BCUT2D eigenvalue weighted by atomic mass is 35.5. The predicted octanol–water partition coefficient (Wildman–Crippen LogP) is 5.44. The lowest BCUT2D eigenvalue weighted by Gasteiger charge is -2.25.